The molecular formula is C18H20O2. The molecule has 0 N–H and O–H groups in total. The van der Waals surface area contributed by atoms with Gasteiger partial charge in [0.2, 0.25) is 0 Å². The molecule has 2 rings (SSSR count). The summed E-state index contributed by atoms with van der Waals surface area (Å²) in [4.78, 5) is 11.2. The van der Waals surface area contributed by atoms with Crippen LogP contribution in [-0.2, 0) is 4.79 Å². The van der Waals surface area contributed by atoms with Gasteiger partial charge in [-0.15, -0.1) is 0 Å². The van der Waals surface area contributed by atoms with Crippen LogP contribution in [0.3, 0.4) is 0 Å². The zero-order chi connectivity index (χ0) is 14.6. The molecule has 2 aromatic rings. The van der Waals surface area contributed by atoms with Crippen molar-refractivity contribution in [1.82, 2.24) is 0 Å². The molecule has 2 nitrogen and oxygen atoms in total. The van der Waals surface area contributed by atoms with Crippen molar-refractivity contribution in [3.63, 3.8) is 0 Å². The van der Waals surface area contributed by atoms with E-state index >= 15 is 0 Å². The van der Waals surface area contributed by atoms with Crippen LogP contribution in [0.25, 0.3) is 11.1 Å². The van der Waals surface area contributed by atoms with Crippen molar-refractivity contribution in [2.75, 3.05) is 0 Å². The average molecular weight is 268 g/mol. The van der Waals surface area contributed by atoms with Crippen molar-refractivity contribution in [3.05, 3.63) is 54.6 Å². The van der Waals surface area contributed by atoms with Crippen molar-refractivity contribution in [3.8, 4) is 16.9 Å². The number of carbonyl (C=O) groups excluding carboxylic acids is 1. The van der Waals surface area contributed by atoms with E-state index in [-0.39, 0.29) is 5.78 Å². The Morgan fingerprint density at radius 2 is 1.50 bits per heavy atom. The van der Waals surface area contributed by atoms with Crippen LogP contribution in [0.15, 0.2) is 54.6 Å². The lowest BCUT2D eigenvalue weighted by Gasteiger charge is -2.25. The maximum absolute atomic E-state index is 11.2. The first-order chi connectivity index (χ1) is 9.46. The van der Waals surface area contributed by atoms with Gasteiger partial charge >= 0.3 is 0 Å². The highest BCUT2D eigenvalue weighted by Gasteiger charge is 2.21. The predicted molar refractivity (Wildman–Crippen MR) is 81.9 cm³/mol. The molecule has 0 aliphatic heterocycles. The van der Waals surface area contributed by atoms with Crippen LogP contribution in [0.1, 0.15) is 27.2 Å². The molecule has 0 bridgehead atoms. The molecule has 0 saturated heterocycles. The minimum absolute atomic E-state index is 0.135. The van der Waals surface area contributed by atoms with Crippen LogP contribution >= 0.6 is 0 Å². The van der Waals surface area contributed by atoms with Crippen LogP contribution in [0.2, 0.25) is 0 Å². The third-order valence-electron chi connectivity index (χ3n) is 3.03. The Labute approximate surface area is 120 Å². The van der Waals surface area contributed by atoms with E-state index in [0.29, 0.717) is 6.42 Å². The van der Waals surface area contributed by atoms with Gasteiger partial charge in [0.15, 0.2) is 0 Å². The Morgan fingerprint density at radius 3 is 2.05 bits per heavy atom. The third kappa shape index (κ3) is 3.95. The average Bonchev–Trinajstić information content (AvgIpc) is 2.38. The second kappa shape index (κ2) is 5.91. The van der Waals surface area contributed by atoms with E-state index in [9.17, 15) is 4.79 Å². The number of ketones is 1. The highest BCUT2D eigenvalue weighted by atomic mass is 16.5. The summed E-state index contributed by atoms with van der Waals surface area (Å²) < 4.78 is 5.88. The number of hydrogen-bond acceptors (Lipinski definition) is 2. The van der Waals surface area contributed by atoms with Crippen molar-refractivity contribution in [1.29, 1.82) is 0 Å². The van der Waals surface area contributed by atoms with Crippen LogP contribution in [0, 0.1) is 0 Å². The fraction of sp³-hybridized carbons (Fsp3) is 0.278. The summed E-state index contributed by atoms with van der Waals surface area (Å²) in [5.74, 6) is 0.923. The van der Waals surface area contributed by atoms with Crippen molar-refractivity contribution in [2.24, 2.45) is 0 Å². The topological polar surface area (TPSA) is 26.3 Å². The number of ether oxygens (including phenoxy) is 1. The first kappa shape index (κ1) is 14.3. The highest BCUT2D eigenvalue weighted by Crippen LogP contribution is 2.25. The first-order valence-corrected chi connectivity index (χ1v) is 6.80. The van der Waals surface area contributed by atoms with Crippen molar-refractivity contribution in [2.45, 2.75) is 32.8 Å². The minimum atomic E-state index is -0.472. The van der Waals surface area contributed by atoms with E-state index in [1.54, 1.807) is 6.92 Å². The second-order valence-corrected chi connectivity index (χ2v) is 5.63. The van der Waals surface area contributed by atoms with Gasteiger partial charge in [-0.1, -0.05) is 42.5 Å². The van der Waals surface area contributed by atoms with E-state index in [1.807, 2.05) is 56.3 Å². The van der Waals surface area contributed by atoms with Crippen LogP contribution in [0.4, 0.5) is 0 Å². The molecular weight excluding hydrogens is 248 g/mol. The van der Waals surface area contributed by atoms with Gasteiger partial charge < -0.3 is 4.74 Å². The molecule has 0 spiro atoms. The molecule has 0 saturated carbocycles. The largest absolute Gasteiger partial charge is 0.487 e. The van der Waals surface area contributed by atoms with Gasteiger partial charge in [-0.05, 0) is 44.0 Å². The van der Waals surface area contributed by atoms with Gasteiger partial charge in [0.05, 0.1) is 0 Å². The molecule has 0 fully saturated rings. The number of hydrogen-bond donors (Lipinski definition) is 0. The van der Waals surface area contributed by atoms with Gasteiger partial charge in [-0.2, -0.15) is 0 Å². The highest BCUT2D eigenvalue weighted by molar-refractivity contribution is 5.76. The fourth-order valence-corrected chi connectivity index (χ4v) is 2.30. The van der Waals surface area contributed by atoms with Gasteiger partial charge in [0, 0.05) is 6.42 Å². The molecule has 0 aromatic heterocycles. The lowest BCUT2D eigenvalue weighted by Crippen LogP contribution is -2.30. The summed E-state index contributed by atoms with van der Waals surface area (Å²) >= 11 is 0. The monoisotopic (exact) mass is 268 g/mol. The van der Waals surface area contributed by atoms with Gasteiger partial charge in [0.25, 0.3) is 0 Å². The predicted octanol–water partition coefficient (Wildman–Crippen LogP) is 4.49. The Kier molecular flexibility index (Phi) is 4.23. The molecule has 0 radical (unpaired) electrons. The Bertz CT molecular complexity index is 568. The molecule has 20 heavy (non-hydrogen) atoms. The van der Waals surface area contributed by atoms with E-state index in [4.69, 9.17) is 4.74 Å². The molecule has 2 aromatic carbocycles. The standard InChI is InChI=1S/C18H20O2/c1-14(19)13-18(2,3)20-17-11-9-16(10-12-17)15-7-5-4-6-8-15/h4-12H,13H2,1-3H3. The Hall–Kier alpha value is -2.09. The van der Waals surface area contributed by atoms with E-state index < -0.39 is 5.60 Å². The summed E-state index contributed by atoms with van der Waals surface area (Å²) in [5.41, 5.74) is 1.87. The quantitative estimate of drug-likeness (QED) is 0.798. The summed E-state index contributed by atoms with van der Waals surface area (Å²) in [6, 6.07) is 18.2. The zero-order valence-corrected chi connectivity index (χ0v) is 12.2. The molecule has 0 unspecified atom stereocenters. The lowest BCUT2D eigenvalue weighted by atomic mass is 10.0. The van der Waals surface area contributed by atoms with Crippen LogP contribution in [-0.4, -0.2) is 11.4 Å². The van der Waals surface area contributed by atoms with Crippen molar-refractivity contribution >= 4 is 5.78 Å². The fourth-order valence-electron chi connectivity index (χ4n) is 2.30. The molecule has 0 amide bonds. The summed E-state index contributed by atoms with van der Waals surface area (Å²) in [6.45, 7) is 5.45. The smallest absolute Gasteiger partial charge is 0.133 e. The SMILES string of the molecule is CC(=O)CC(C)(C)Oc1ccc(-c2ccccc2)cc1. The number of benzene rings is 2. The van der Waals surface area contributed by atoms with E-state index in [2.05, 4.69) is 12.1 Å². The molecule has 104 valence electrons. The molecule has 0 aliphatic carbocycles. The summed E-state index contributed by atoms with van der Waals surface area (Å²) in [6.07, 6.45) is 0.410. The van der Waals surface area contributed by atoms with Gasteiger partial charge in [0.1, 0.15) is 17.1 Å². The molecule has 0 aliphatic rings. The normalized spacial score (nSPS) is 11.2. The van der Waals surface area contributed by atoms with Crippen molar-refractivity contribution < 1.29 is 9.53 Å². The minimum Gasteiger partial charge on any atom is -0.487 e. The molecule has 2 heteroatoms. The third-order valence-corrected chi connectivity index (χ3v) is 3.03. The van der Waals surface area contributed by atoms with Crippen LogP contribution < -0.4 is 4.74 Å². The maximum atomic E-state index is 11.2. The molecule has 0 heterocycles. The zero-order valence-electron chi connectivity index (χ0n) is 12.2. The van der Waals surface area contributed by atoms with E-state index in [1.165, 1.54) is 5.56 Å². The Morgan fingerprint density at radius 1 is 0.950 bits per heavy atom. The first-order valence-electron chi connectivity index (χ1n) is 6.80. The number of carbonyl (C=O) groups is 1. The van der Waals surface area contributed by atoms with Crippen LogP contribution in [0.5, 0.6) is 5.75 Å². The summed E-state index contributed by atoms with van der Waals surface area (Å²) in [5, 5.41) is 0. The lowest BCUT2D eigenvalue weighted by molar-refractivity contribution is -0.120. The second-order valence-electron chi connectivity index (χ2n) is 5.63. The Balaban J connectivity index is 2.11. The summed E-state index contributed by atoms with van der Waals surface area (Å²) in [7, 11) is 0. The van der Waals surface area contributed by atoms with Gasteiger partial charge in [-0.25, -0.2) is 0 Å². The van der Waals surface area contributed by atoms with E-state index in [0.717, 1.165) is 11.3 Å². The number of rotatable bonds is 5. The molecule has 0 atom stereocenters. The number of Topliss-reactive ketones (excluding diaryl/α,β-unsaturated/α-hetero) is 1. The maximum Gasteiger partial charge on any atom is 0.133 e. The van der Waals surface area contributed by atoms with Gasteiger partial charge in [-0.3, -0.25) is 4.79 Å².